The summed E-state index contributed by atoms with van der Waals surface area (Å²) in [7, 11) is 0. The van der Waals surface area contributed by atoms with Gasteiger partial charge in [-0.3, -0.25) is 24.0 Å². The van der Waals surface area contributed by atoms with Crippen LogP contribution >= 0.6 is 23.2 Å². The second-order valence-corrected chi connectivity index (χ2v) is 14.6. The number of nitrogens with two attached hydrogens (primary N) is 1. The number of amides is 5. The number of hydrogen-bond donors (Lipinski definition) is 4. The fraction of sp³-hybridized carbons (Fsp3) is 0.778. The number of Topliss-reactive ketones (excluding diaryl/α,β-unsaturated/α-hetero) is 1. The van der Waals surface area contributed by atoms with Gasteiger partial charge < -0.3 is 31.3 Å². The minimum atomic E-state index is -1.24. The van der Waals surface area contributed by atoms with Crippen molar-refractivity contribution in [1.29, 1.82) is 0 Å². The molecule has 2 saturated carbocycles. The second-order valence-electron chi connectivity index (χ2n) is 13.1. The van der Waals surface area contributed by atoms with E-state index in [-0.39, 0.29) is 31.4 Å². The van der Waals surface area contributed by atoms with E-state index in [0.717, 1.165) is 19.3 Å². The van der Waals surface area contributed by atoms with Gasteiger partial charge in [-0.2, -0.15) is 0 Å². The molecule has 5 amide bonds. The van der Waals surface area contributed by atoms with Gasteiger partial charge in [0.25, 0.3) is 5.91 Å². The first kappa shape index (κ1) is 32.9. The molecule has 3 rings (SSSR count). The first-order chi connectivity index (χ1) is 18.8. The first-order valence-corrected chi connectivity index (χ1v) is 14.6. The van der Waals surface area contributed by atoms with Crippen molar-refractivity contribution >= 4 is 58.7 Å². The van der Waals surface area contributed by atoms with Gasteiger partial charge in [0.1, 0.15) is 23.0 Å². The molecule has 0 radical (unpaired) electrons. The molecule has 5 atom stereocenters. The second kappa shape index (κ2) is 11.9. The number of fused-ring (bicyclic) bond motifs is 1. The Hall–Kier alpha value is -2.60. The summed E-state index contributed by atoms with van der Waals surface area (Å²) in [5.41, 5.74) is 3.54. The van der Waals surface area contributed by atoms with Crippen LogP contribution in [-0.2, 0) is 28.7 Å². The van der Waals surface area contributed by atoms with Gasteiger partial charge >= 0.3 is 12.0 Å². The maximum absolute atomic E-state index is 14.0. The molecule has 0 aromatic rings. The van der Waals surface area contributed by atoms with Crippen molar-refractivity contribution in [2.45, 2.75) is 95.2 Å². The third-order valence-electron chi connectivity index (χ3n) is 8.03. The number of esters is 1. The third kappa shape index (κ3) is 7.63. The summed E-state index contributed by atoms with van der Waals surface area (Å²) in [5.74, 6) is -4.55. The predicted molar refractivity (Wildman–Crippen MR) is 151 cm³/mol. The number of piperidine rings is 1. The number of primary amides is 1. The fourth-order valence-corrected chi connectivity index (χ4v) is 6.29. The summed E-state index contributed by atoms with van der Waals surface area (Å²) < 4.78 is 3.77. The number of likely N-dealkylation sites (tertiary alicyclic amines) is 1. The van der Waals surface area contributed by atoms with Gasteiger partial charge in [0.05, 0.1) is 11.6 Å². The third-order valence-corrected chi connectivity index (χ3v) is 9.09. The highest BCUT2D eigenvalue weighted by atomic mass is 35.5. The molecule has 5 N–H and O–H groups in total. The smallest absolute Gasteiger partial charge is 0.315 e. The van der Waals surface area contributed by atoms with E-state index in [0.29, 0.717) is 0 Å². The molecule has 3 aliphatic rings. The average molecular weight is 619 g/mol. The lowest BCUT2D eigenvalue weighted by atomic mass is 9.80. The van der Waals surface area contributed by atoms with Gasteiger partial charge in [0.15, 0.2) is 0 Å². The predicted octanol–water partition coefficient (Wildman–Crippen LogP) is 1.40. The summed E-state index contributed by atoms with van der Waals surface area (Å²) in [4.78, 5) is 77.4. The largest absolute Gasteiger partial charge is 0.463 e. The van der Waals surface area contributed by atoms with Crippen LogP contribution in [0.15, 0.2) is 0 Å². The summed E-state index contributed by atoms with van der Waals surface area (Å²) in [5, 5.41) is 8.06. The number of carbonyl (C=O) groups is 6. The fourth-order valence-electron chi connectivity index (χ4n) is 5.46. The zero-order valence-electron chi connectivity index (χ0n) is 24.3. The molecular formula is C27H41Cl2N5O7. The molecule has 2 aliphatic carbocycles. The molecule has 1 saturated heterocycles. The normalized spacial score (nSPS) is 24.7. The topological polar surface area (TPSA) is 177 Å². The Kier molecular flexibility index (Phi) is 9.59. The van der Waals surface area contributed by atoms with E-state index < -0.39 is 74.8 Å². The number of urea groups is 1. The Balaban J connectivity index is 1.80. The number of hydrogen-bond acceptors (Lipinski definition) is 7. The van der Waals surface area contributed by atoms with Crippen LogP contribution in [0.3, 0.4) is 0 Å². The Morgan fingerprint density at radius 3 is 2.15 bits per heavy atom. The Bertz CT molecular complexity index is 1100. The number of rotatable bonds is 11. The van der Waals surface area contributed by atoms with E-state index in [9.17, 15) is 28.8 Å². The van der Waals surface area contributed by atoms with E-state index in [4.69, 9.17) is 33.7 Å². The molecular weight excluding hydrogens is 577 g/mol. The molecule has 3 fully saturated rings. The van der Waals surface area contributed by atoms with Crippen LogP contribution in [-0.4, -0.2) is 81.6 Å². The van der Waals surface area contributed by atoms with Crippen LogP contribution in [0, 0.1) is 23.2 Å². The maximum Gasteiger partial charge on any atom is 0.315 e. The van der Waals surface area contributed by atoms with Gasteiger partial charge in [0.2, 0.25) is 17.6 Å². The Morgan fingerprint density at radius 1 is 1.05 bits per heavy atom. The number of nitrogens with zero attached hydrogens (tertiary/aromatic N) is 1. The molecule has 1 aliphatic heterocycles. The standard InChI is InChI=1S/C27H41Cl2N5O7/c1-13(35)41-12-26(5,6)33-24(40)32-20(25(2,3)4)23(39)34-11-15-17(27(15,28)29)18(34)22(38)31-16(19(36)21(30)37)10-14-8-7-9-14/h14-18,20H,7-12H2,1-6H3,(H2,30,37)(H,31,38)(H2,32,33,40)/t15-,16?,17-,18-,20+/m0/s1. The first-order valence-electron chi connectivity index (χ1n) is 13.8. The molecule has 0 spiro atoms. The van der Waals surface area contributed by atoms with Crippen molar-refractivity contribution in [3.63, 3.8) is 0 Å². The summed E-state index contributed by atoms with van der Waals surface area (Å²) in [6.45, 7) is 9.85. The number of halogens is 2. The lowest BCUT2D eigenvalue weighted by molar-refractivity contribution is -0.144. The van der Waals surface area contributed by atoms with Crippen LogP contribution in [0.4, 0.5) is 4.79 Å². The average Bonchev–Trinajstić information content (AvgIpc) is 3.14. The van der Waals surface area contributed by atoms with Crippen molar-refractivity contribution < 1.29 is 33.5 Å². The molecule has 0 bridgehead atoms. The van der Waals surface area contributed by atoms with Crippen molar-refractivity contribution in [2.75, 3.05) is 13.2 Å². The molecule has 14 heteroatoms. The molecule has 1 unspecified atom stereocenters. The minimum absolute atomic E-state index is 0.0689. The van der Waals surface area contributed by atoms with Crippen LogP contribution in [0.25, 0.3) is 0 Å². The van der Waals surface area contributed by atoms with Gasteiger partial charge in [-0.15, -0.1) is 23.2 Å². The lowest BCUT2D eigenvalue weighted by Gasteiger charge is -2.38. The van der Waals surface area contributed by atoms with Gasteiger partial charge in [-0.05, 0) is 31.6 Å². The monoisotopic (exact) mass is 617 g/mol. The molecule has 12 nitrogen and oxygen atoms in total. The quantitative estimate of drug-likeness (QED) is 0.154. The minimum Gasteiger partial charge on any atom is -0.463 e. The summed E-state index contributed by atoms with van der Waals surface area (Å²) in [6.07, 6.45) is 3.02. The molecule has 1 heterocycles. The number of nitrogens with one attached hydrogen (secondary N) is 3. The van der Waals surface area contributed by atoms with Gasteiger partial charge in [0, 0.05) is 25.3 Å². The van der Waals surface area contributed by atoms with Gasteiger partial charge in [-0.25, -0.2) is 4.79 Å². The van der Waals surface area contributed by atoms with E-state index in [2.05, 4.69) is 16.0 Å². The SMILES string of the molecule is CC(=O)OCC(C)(C)NC(=O)N[C@H](C(=O)N1C[C@H]2[C@@H]([C@H]1C(=O)NC(CC1CCC1)C(=O)C(N)=O)C2(Cl)Cl)C(C)(C)C. The number of alkyl halides is 2. The van der Waals surface area contributed by atoms with Crippen molar-refractivity contribution in [3.05, 3.63) is 0 Å². The van der Waals surface area contributed by atoms with E-state index in [1.165, 1.54) is 11.8 Å². The maximum atomic E-state index is 14.0. The number of ether oxygens (including phenoxy) is 1. The molecule has 41 heavy (non-hydrogen) atoms. The van der Waals surface area contributed by atoms with Crippen LogP contribution in [0.2, 0.25) is 0 Å². The molecule has 230 valence electrons. The highest BCUT2D eigenvalue weighted by molar-refractivity contribution is 6.51. The molecule has 0 aromatic carbocycles. The summed E-state index contributed by atoms with van der Waals surface area (Å²) >= 11 is 12.9. The van der Waals surface area contributed by atoms with Crippen molar-refractivity contribution in [1.82, 2.24) is 20.9 Å². The van der Waals surface area contributed by atoms with Crippen LogP contribution in [0.5, 0.6) is 0 Å². The zero-order valence-corrected chi connectivity index (χ0v) is 25.9. The summed E-state index contributed by atoms with van der Waals surface area (Å²) in [6, 6.07) is -3.99. The number of carbonyl (C=O) groups excluding carboxylic acids is 6. The lowest BCUT2D eigenvalue weighted by Crippen LogP contribution is -2.62. The van der Waals surface area contributed by atoms with E-state index in [1.54, 1.807) is 34.6 Å². The van der Waals surface area contributed by atoms with Crippen LogP contribution < -0.4 is 21.7 Å². The highest BCUT2D eigenvalue weighted by Gasteiger charge is 2.74. The van der Waals surface area contributed by atoms with E-state index in [1.807, 2.05) is 0 Å². The van der Waals surface area contributed by atoms with Crippen molar-refractivity contribution in [2.24, 2.45) is 28.9 Å². The Morgan fingerprint density at radius 2 is 1.66 bits per heavy atom. The molecule has 0 aromatic heterocycles. The Labute approximate surface area is 250 Å². The highest BCUT2D eigenvalue weighted by Crippen LogP contribution is 2.65. The van der Waals surface area contributed by atoms with Gasteiger partial charge in [-0.1, -0.05) is 40.0 Å². The zero-order chi connectivity index (χ0) is 31.1. The van der Waals surface area contributed by atoms with Crippen molar-refractivity contribution in [3.8, 4) is 0 Å². The van der Waals surface area contributed by atoms with E-state index >= 15 is 0 Å². The van der Waals surface area contributed by atoms with Crippen LogP contribution in [0.1, 0.15) is 67.2 Å². The number of ketones is 1.